The molecule has 1 unspecified atom stereocenters. The van der Waals surface area contributed by atoms with Crippen LogP contribution in [0.1, 0.15) is 20.8 Å². The summed E-state index contributed by atoms with van der Waals surface area (Å²) in [6, 6.07) is 1.77. The summed E-state index contributed by atoms with van der Waals surface area (Å²) in [6.07, 6.45) is 3.41. The highest BCUT2D eigenvalue weighted by atomic mass is 35.5. The molecule has 0 fully saturated rings. The third-order valence-corrected chi connectivity index (χ3v) is 2.48. The molecular formula is C11H21ClN4O. The summed E-state index contributed by atoms with van der Waals surface area (Å²) in [5, 5.41) is 6.90. The van der Waals surface area contributed by atoms with E-state index in [9.17, 15) is 4.79 Å². The Kier molecular flexibility index (Phi) is 6.20. The fourth-order valence-electron chi connectivity index (χ4n) is 1.41. The van der Waals surface area contributed by atoms with Gasteiger partial charge in [-0.25, -0.2) is 0 Å². The third kappa shape index (κ3) is 5.19. The van der Waals surface area contributed by atoms with E-state index in [1.807, 2.05) is 0 Å². The van der Waals surface area contributed by atoms with Crippen LogP contribution in [0, 0.1) is 5.41 Å². The molecule has 0 aromatic carbocycles. The lowest BCUT2D eigenvalue weighted by Crippen LogP contribution is -2.49. The molecule has 1 amide bonds. The number of hydrogen-bond donors (Lipinski definition) is 2. The number of aromatic nitrogens is 2. The second kappa shape index (κ2) is 6.61. The van der Waals surface area contributed by atoms with Gasteiger partial charge in [-0.05, 0) is 11.5 Å². The van der Waals surface area contributed by atoms with Crippen molar-refractivity contribution in [1.29, 1.82) is 0 Å². The van der Waals surface area contributed by atoms with Gasteiger partial charge in [0.1, 0.15) is 6.54 Å². The van der Waals surface area contributed by atoms with E-state index in [1.54, 1.807) is 23.1 Å². The number of amides is 1. The van der Waals surface area contributed by atoms with E-state index in [0.717, 1.165) is 0 Å². The molecule has 0 bridgehead atoms. The number of nitrogens with two attached hydrogens (primary N) is 1. The van der Waals surface area contributed by atoms with Crippen molar-refractivity contribution in [2.24, 2.45) is 11.1 Å². The van der Waals surface area contributed by atoms with Gasteiger partial charge in [0.15, 0.2) is 0 Å². The molecule has 0 aliphatic rings. The highest BCUT2D eigenvalue weighted by molar-refractivity contribution is 5.85. The van der Waals surface area contributed by atoms with Crippen LogP contribution in [-0.4, -0.2) is 28.3 Å². The number of carbonyl (C=O) groups is 1. The predicted octanol–water partition coefficient (Wildman–Crippen LogP) is 0.795. The van der Waals surface area contributed by atoms with Gasteiger partial charge < -0.3 is 11.1 Å². The van der Waals surface area contributed by atoms with Crippen LogP contribution in [0.25, 0.3) is 0 Å². The van der Waals surface area contributed by atoms with Crippen LogP contribution < -0.4 is 11.1 Å². The van der Waals surface area contributed by atoms with Gasteiger partial charge in [0.25, 0.3) is 0 Å². The largest absolute Gasteiger partial charge is 0.350 e. The Bertz CT molecular complexity index is 332. The molecule has 0 saturated carbocycles. The number of carbonyl (C=O) groups excluding carboxylic acids is 1. The molecule has 1 heterocycles. The Morgan fingerprint density at radius 1 is 1.53 bits per heavy atom. The molecule has 0 saturated heterocycles. The highest BCUT2D eigenvalue weighted by Crippen LogP contribution is 2.18. The lowest BCUT2D eigenvalue weighted by Gasteiger charge is -2.30. The van der Waals surface area contributed by atoms with E-state index in [4.69, 9.17) is 5.73 Å². The van der Waals surface area contributed by atoms with Crippen LogP contribution in [0.4, 0.5) is 0 Å². The minimum Gasteiger partial charge on any atom is -0.350 e. The van der Waals surface area contributed by atoms with E-state index in [1.165, 1.54) is 0 Å². The van der Waals surface area contributed by atoms with Gasteiger partial charge in [-0.1, -0.05) is 20.8 Å². The summed E-state index contributed by atoms with van der Waals surface area (Å²) >= 11 is 0. The first-order chi connectivity index (χ1) is 7.43. The molecule has 0 aliphatic carbocycles. The molecule has 0 spiro atoms. The Labute approximate surface area is 108 Å². The molecule has 98 valence electrons. The van der Waals surface area contributed by atoms with Crippen molar-refractivity contribution in [1.82, 2.24) is 15.1 Å². The number of halogens is 1. The quantitative estimate of drug-likeness (QED) is 0.841. The molecule has 1 rings (SSSR count). The smallest absolute Gasteiger partial charge is 0.242 e. The van der Waals surface area contributed by atoms with Crippen molar-refractivity contribution in [3.8, 4) is 0 Å². The maximum absolute atomic E-state index is 11.7. The molecule has 1 aromatic heterocycles. The predicted molar refractivity (Wildman–Crippen MR) is 69.9 cm³/mol. The summed E-state index contributed by atoms with van der Waals surface area (Å²) in [5.41, 5.74) is 5.61. The average molecular weight is 261 g/mol. The second-order valence-electron chi connectivity index (χ2n) is 4.93. The number of hydrogen-bond acceptors (Lipinski definition) is 3. The molecule has 1 aromatic rings. The minimum absolute atomic E-state index is 0. The van der Waals surface area contributed by atoms with Gasteiger partial charge in [-0.15, -0.1) is 12.4 Å². The van der Waals surface area contributed by atoms with Crippen LogP contribution in [0.15, 0.2) is 18.5 Å². The minimum atomic E-state index is -0.0610. The fourth-order valence-corrected chi connectivity index (χ4v) is 1.41. The van der Waals surface area contributed by atoms with Crippen LogP contribution in [0.2, 0.25) is 0 Å². The molecule has 17 heavy (non-hydrogen) atoms. The van der Waals surface area contributed by atoms with Gasteiger partial charge in [0.2, 0.25) is 5.91 Å². The Balaban J connectivity index is 0.00000256. The highest BCUT2D eigenvalue weighted by Gasteiger charge is 2.24. The van der Waals surface area contributed by atoms with Crippen molar-refractivity contribution in [3.63, 3.8) is 0 Å². The summed E-state index contributed by atoms with van der Waals surface area (Å²) in [7, 11) is 0. The molecule has 6 heteroatoms. The number of nitrogens with zero attached hydrogens (tertiary/aromatic N) is 2. The topological polar surface area (TPSA) is 72.9 Å². The maximum Gasteiger partial charge on any atom is 0.242 e. The standard InChI is InChI=1S/C11H20N4O.ClH/c1-11(2,3)9(7-12)14-10(16)8-15-6-4-5-13-15;/h4-6,9H,7-8,12H2,1-3H3,(H,14,16);1H. The van der Waals surface area contributed by atoms with Gasteiger partial charge >= 0.3 is 0 Å². The zero-order valence-corrected chi connectivity index (χ0v) is 11.3. The van der Waals surface area contributed by atoms with Crippen LogP contribution in [0.3, 0.4) is 0 Å². The Morgan fingerprint density at radius 3 is 2.59 bits per heavy atom. The Hall–Kier alpha value is -1.07. The van der Waals surface area contributed by atoms with Crippen LogP contribution in [0.5, 0.6) is 0 Å². The van der Waals surface area contributed by atoms with Gasteiger partial charge in [0.05, 0.1) is 0 Å². The molecule has 0 radical (unpaired) electrons. The number of nitrogens with one attached hydrogen (secondary N) is 1. The summed E-state index contributed by atoms with van der Waals surface area (Å²) in [4.78, 5) is 11.7. The fraction of sp³-hybridized carbons (Fsp3) is 0.636. The third-order valence-electron chi connectivity index (χ3n) is 2.48. The summed E-state index contributed by atoms with van der Waals surface area (Å²) < 4.78 is 1.59. The molecule has 5 nitrogen and oxygen atoms in total. The Morgan fingerprint density at radius 2 is 2.18 bits per heavy atom. The van der Waals surface area contributed by atoms with Crippen LogP contribution >= 0.6 is 12.4 Å². The first-order valence-corrected chi connectivity index (χ1v) is 5.40. The zero-order chi connectivity index (χ0) is 12.2. The van der Waals surface area contributed by atoms with Gasteiger partial charge in [0, 0.05) is 25.0 Å². The van der Waals surface area contributed by atoms with E-state index in [2.05, 4.69) is 31.2 Å². The molecular weight excluding hydrogens is 240 g/mol. The lowest BCUT2D eigenvalue weighted by molar-refractivity contribution is -0.123. The lowest BCUT2D eigenvalue weighted by atomic mass is 9.87. The van der Waals surface area contributed by atoms with E-state index < -0.39 is 0 Å². The monoisotopic (exact) mass is 260 g/mol. The second-order valence-corrected chi connectivity index (χ2v) is 4.93. The van der Waals surface area contributed by atoms with Crippen molar-refractivity contribution in [2.75, 3.05) is 6.54 Å². The SMILES string of the molecule is CC(C)(C)C(CN)NC(=O)Cn1cccn1.Cl. The first-order valence-electron chi connectivity index (χ1n) is 5.40. The summed E-state index contributed by atoms with van der Waals surface area (Å²) in [5.74, 6) is -0.0610. The van der Waals surface area contributed by atoms with E-state index in [0.29, 0.717) is 6.54 Å². The van der Waals surface area contributed by atoms with Crippen molar-refractivity contribution < 1.29 is 4.79 Å². The normalized spacial score (nSPS) is 12.7. The van der Waals surface area contributed by atoms with Crippen molar-refractivity contribution >= 4 is 18.3 Å². The van der Waals surface area contributed by atoms with E-state index >= 15 is 0 Å². The first kappa shape index (κ1) is 15.9. The average Bonchev–Trinajstić information content (AvgIpc) is 2.64. The molecule has 3 N–H and O–H groups in total. The van der Waals surface area contributed by atoms with Gasteiger partial charge in [-0.2, -0.15) is 5.10 Å². The molecule has 0 aliphatic heterocycles. The summed E-state index contributed by atoms with van der Waals surface area (Å²) in [6.45, 7) is 6.84. The number of rotatable bonds is 4. The van der Waals surface area contributed by atoms with Crippen molar-refractivity contribution in [3.05, 3.63) is 18.5 Å². The van der Waals surface area contributed by atoms with E-state index in [-0.39, 0.29) is 36.3 Å². The van der Waals surface area contributed by atoms with Crippen molar-refractivity contribution in [2.45, 2.75) is 33.4 Å². The molecule has 1 atom stereocenters. The van der Waals surface area contributed by atoms with Gasteiger partial charge in [-0.3, -0.25) is 9.48 Å². The maximum atomic E-state index is 11.7. The van der Waals surface area contributed by atoms with Crippen LogP contribution in [-0.2, 0) is 11.3 Å². The zero-order valence-electron chi connectivity index (χ0n) is 10.5.